The normalized spacial score (nSPS) is 11.6. The predicted molar refractivity (Wildman–Crippen MR) is 148 cm³/mol. The molecule has 0 saturated heterocycles. The third-order valence-corrected chi connectivity index (χ3v) is 6.43. The first-order valence-electron chi connectivity index (χ1n) is 11.3. The number of fused-ring (bicyclic) bond motifs is 1. The first-order valence-corrected chi connectivity index (χ1v) is 12.3. The van der Waals surface area contributed by atoms with E-state index in [1.807, 2.05) is 42.5 Å². The van der Waals surface area contributed by atoms with Crippen molar-refractivity contribution in [3.63, 3.8) is 0 Å². The fraction of sp³-hybridized carbons (Fsp3) is 0.103. The first-order chi connectivity index (χ1) is 18.2. The van der Waals surface area contributed by atoms with E-state index in [1.165, 1.54) is 25.3 Å². The second-order valence-electron chi connectivity index (χ2n) is 8.16. The van der Waals surface area contributed by atoms with Crippen molar-refractivity contribution in [2.75, 3.05) is 12.4 Å². The van der Waals surface area contributed by atoms with Gasteiger partial charge in [-0.2, -0.15) is 18.4 Å². The number of ether oxygens (including phenoxy) is 2. The number of hydrogen-bond donors (Lipinski definition) is 1. The van der Waals surface area contributed by atoms with E-state index in [0.717, 1.165) is 28.5 Å². The maximum absolute atomic E-state index is 13.0. The summed E-state index contributed by atoms with van der Waals surface area (Å²) in [5.74, 6) is 0.0705. The van der Waals surface area contributed by atoms with Crippen molar-refractivity contribution in [2.24, 2.45) is 0 Å². The van der Waals surface area contributed by atoms with Crippen LogP contribution in [0.3, 0.4) is 0 Å². The Morgan fingerprint density at radius 3 is 2.53 bits per heavy atom. The number of nitrogens with one attached hydrogen (secondary N) is 1. The molecule has 1 amide bonds. The molecule has 4 aromatic rings. The van der Waals surface area contributed by atoms with E-state index < -0.39 is 17.6 Å². The van der Waals surface area contributed by atoms with E-state index in [4.69, 9.17) is 9.47 Å². The molecule has 0 bridgehead atoms. The Hall–Kier alpha value is -4.04. The van der Waals surface area contributed by atoms with Crippen molar-refractivity contribution < 1.29 is 27.4 Å². The van der Waals surface area contributed by atoms with Crippen LogP contribution in [-0.2, 0) is 17.6 Å². The average Bonchev–Trinajstić information content (AvgIpc) is 2.90. The van der Waals surface area contributed by atoms with Gasteiger partial charge in [0, 0.05) is 5.69 Å². The molecule has 0 atom stereocenters. The Bertz CT molecular complexity index is 1570. The third-order valence-electron chi connectivity index (χ3n) is 5.63. The van der Waals surface area contributed by atoms with Crippen LogP contribution < -0.4 is 14.8 Å². The minimum Gasteiger partial charge on any atom is -0.493 e. The lowest BCUT2D eigenvalue weighted by Crippen LogP contribution is -2.14. The molecule has 1 N–H and O–H groups in total. The fourth-order valence-corrected chi connectivity index (χ4v) is 4.60. The summed E-state index contributed by atoms with van der Waals surface area (Å²) in [7, 11) is 1.48. The SMILES string of the molecule is COc1cc(/C=C(\C#N)C(=O)Nc2cccc(C(F)(F)F)c2)cc(I)c1OCc1cccc2ccccc12. The largest absolute Gasteiger partial charge is 0.493 e. The summed E-state index contributed by atoms with van der Waals surface area (Å²) >= 11 is 2.08. The molecule has 192 valence electrons. The molecule has 4 rings (SSSR count). The van der Waals surface area contributed by atoms with Crippen LogP contribution in [0.5, 0.6) is 11.5 Å². The molecule has 0 aromatic heterocycles. The molecular weight excluding hydrogens is 608 g/mol. The van der Waals surface area contributed by atoms with Gasteiger partial charge in [-0.05, 0) is 80.9 Å². The third kappa shape index (κ3) is 6.26. The Kier molecular flexibility index (Phi) is 8.22. The molecule has 0 aliphatic heterocycles. The highest BCUT2D eigenvalue weighted by atomic mass is 127. The summed E-state index contributed by atoms with van der Waals surface area (Å²) in [5.41, 5.74) is 0.221. The van der Waals surface area contributed by atoms with Crippen molar-refractivity contribution in [3.8, 4) is 17.6 Å². The van der Waals surface area contributed by atoms with E-state index >= 15 is 0 Å². The number of rotatable bonds is 7. The van der Waals surface area contributed by atoms with Gasteiger partial charge in [0.15, 0.2) is 11.5 Å². The van der Waals surface area contributed by atoms with Crippen LogP contribution in [-0.4, -0.2) is 13.0 Å². The smallest absolute Gasteiger partial charge is 0.416 e. The average molecular weight is 628 g/mol. The highest BCUT2D eigenvalue weighted by Gasteiger charge is 2.30. The number of carbonyl (C=O) groups excluding carboxylic acids is 1. The summed E-state index contributed by atoms with van der Waals surface area (Å²) in [5, 5.41) is 14.1. The van der Waals surface area contributed by atoms with Gasteiger partial charge in [0.05, 0.1) is 16.2 Å². The van der Waals surface area contributed by atoms with Gasteiger partial charge >= 0.3 is 6.18 Å². The molecule has 0 aliphatic carbocycles. The van der Waals surface area contributed by atoms with Crippen molar-refractivity contribution in [3.05, 3.63) is 105 Å². The Morgan fingerprint density at radius 1 is 1.05 bits per heavy atom. The molecule has 0 aliphatic rings. The minimum absolute atomic E-state index is 0.0738. The molecule has 0 unspecified atom stereocenters. The number of nitrogens with zero attached hydrogens (tertiary/aromatic N) is 1. The first kappa shape index (κ1) is 27.0. The lowest BCUT2D eigenvalue weighted by Gasteiger charge is -2.15. The zero-order valence-electron chi connectivity index (χ0n) is 20.0. The zero-order chi connectivity index (χ0) is 27.3. The monoisotopic (exact) mass is 628 g/mol. The van der Waals surface area contributed by atoms with E-state index in [0.29, 0.717) is 27.2 Å². The van der Waals surface area contributed by atoms with Gasteiger partial charge < -0.3 is 14.8 Å². The zero-order valence-corrected chi connectivity index (χ0v) is 22.1. The van der Waals surface area contributed by atoms with Gasteiger partial charge in [-0.3, -0.25) is 4.79 Å². The second kappa shape index (κ2) is 11.6. The van der Waals surface area contributed by atoms with Crippen molar-refractivity contribution >= 4 is 51.0 Å². The number of benzene rings is 4. The van der Waals surface area contributed by atoms with E-state index in [2.05, 4.69) is 27.9 Å². The number of carbonyl (C=O) groups is 1. The lowest BCUT2D eigenvalue weighted by atomic mass is 10.1. The van der Waals surface area contributed by atoms with Crippen LogP contribution in [0, 0.1) is 14.9 Å². The minimum atomic E-state index is -4.56. The maximum Gasteiger partial charge on any atom is 0.416 e. The Morgan fingerprint density at radius 2 is 1.79 bits per heavy atom. The number of alkyl halides is 3. The predicted octanol–water partition coefficient (Wildman–Crippen LogP) is 7.60. The Balaban J connectivity index is 1.56. The topological polar surface area (TPSA) is 71.3 Å². The quantitative estimate of drug-likeness (QED) is 0.130. The van der Waals surface area contributed by atoms with Crippen LogP contribution in [0.4, 0.5) is 18.9 Å². The van der Waals surface area contributed by atoms with Gasteiger partial charge in [0.25, 0.3) is 5.91 Å². The molecule has 0 heterocycles. The van der Waals surface area contributed by atoms with Crippen LogP contribution in [0.1, 0.15) is 16.7 Å². The standard InChI is InChI=1S/C29H20F3IN2O3/c1-37-26-14-18(12-21(16-34)28(36)35-23-10-5-9-22(15-23)29(30,31)32)13-25(33)27(26)38-17-20-8-4-7-19-6-2-3-11-24(19)20/h2-15H,17H2,1H3,(H,35,36)/b21-12+. The lowest BCUT2D eigenvalue weighted by molar-refractivity contribution is -0.137. The number of halogens is 4. The highest BCUT2D eigenvalue weighted by molar-refractivity contribution is 14.1. The molecule has 0 fully saturated rings. The van der Waals surface area contributed by atoms with E-state index in [-0.39, 0.29) is 11.3 Å². The molecule has 38 heavy (non-hydrogen) atoms. The molecule has 0 saturated carbocycles. The summed E-state index contributed by atoms with van der Waals surface area (Å²) in [6, 6.07) is 23.3. The van der Waals surface area contributed by atoms with Gasteiger partial charge in [0.1, 0.15) is 18.2 Å². The van der Waals surface area contributed by atoms with Gasteiger partial charge in [0.2, 0.25) is 0 Å². The van der Waals surface area contributed by atoms with E-state index in [9.17, 15) is 23.2 Å². The number of nitriles is 1. The van der Waals surface area contributed by atoms with Gasteiger partial charge in [-0.25, -0.2) is 0 Å². The molecule has 0 spiro atoms. The Labute approximate surface area is 230 Å². The molecule has 5 nitrogen and oxygen atoms in total. The molecule has 9 heteroatoms. The van der Waals surface area contributed by atoms with Crippen LogP contribution in [0.2, 0.25) is 0 Å². The number of anilines is 1. The summed E-state index contributed by atoms with van der Waals surface area (Å²) in [6.45, 7) is 0.297. The number of hydrogen-bond acceptors (Lipinski definition) is 4. The summed E-state index contributed by atoms with van der Waals surface area (Å²) in [4.78, 5) is 12.6. The van der Waals surface area contributed by atoms with Gasteiger partial charge in [-0.15, -0.1) is 0 Å². The highest BCUT2D eigenvalue weighted by Crippen LogP contribution is 2.36. The molecule has 4 aromatic carbocycles. The van der Waals surface area contributed by atoms with Crippen molar-refractivity contribution in [1.82, 2.24) is 0 Å². The summed E-state index contributed by atoms with van der Waals surface area (Å²) in [6.07, 6.45) is -3.22. The molecule has 0 radical (unpaired) electrons. The van der Waals surface area contributed by atoms with E-state index in [1.54, 1.807) is 18.2 Å². The fourth-order valence-electron chi connectivity index (χ4n) is 3.82. The maximum atomic E-state index is 13.0. The van der Waals surface area contributed by atoms with Crippen molar-refractivity contribution in [2.45, 2.75) is 12.8 Å². The number of amides is 1. The van der Waals surface area contributed by atoms with Crippen LogP contribution in [0.15, 0.2) is 84.4 Å². The van der Waals surface area contributed by atoms with Gasteiger partial charge in [-0.1, -0.05) is 48.5 Å². The number of methoxy groups -OCH3 is 1. The molecular formula is C29H20F3IN2O3. The van der Waals surface area contributed by atoms with Crippen LogP contribution in [0.25, 0.3) is 16.8 Å². The van der Waals surface area contributed by atoms with Crippen molar-refractivity contribution in [1.29, 1.82) is 5.26 Å². The summed E-state index contributed by atoms with van der Waals surface area (Å²) < 4.78 is 51.3. The van der Waals surface area contributed by atoms with Crippen LogP contribution >= 0.6 is 22.6 Å². The second-order valence-corrected chi connectivity index (χ2v) is 9.33.